The molecule has 70 heavy (non-hydrogen) atoms. The Morgan fingerprint density at radius 3 is 1.46 bits per heavy atom. The summed E-state index contributed by atoms with van der Waals surface area (Å²) in [5, 5.41) is 12.5. The molecule has 0 amide bonds. The van der Waals surface area contributed by atoms with Gasteiger partial charge in [0.1, 0.15) is 0 Å². The van der Waals surface area contributed by atoms with Crippen LogP contribution in [0.4, 0.5) is 33.4 Å². The van der Waals surface area contributed by atoms with Gasteiger partial charge < -0.3 is 9.80 Å². The van der Waals surface area contributed by atoms with Gasteiger partial charge in [-0.05, 0) is 168 Å². The van der Waals surface area contributed by atoms with E-state index in [1.807, 2.05) is 23.5 Å². The molecule has 0 fully saturated rings. The van der Waals surface area contributed by atoms with Gasteiger partial charge in [-0.25, -0.2) is 0 Å². The van der Waals surface area contributed by atoms with Crippen molar-refractivity contribution in [2.24, 2.45) is 0 Å². The third kappa shape index (κ3) is 6.77. The van der Waals surface area contributed by atoms with Crippen molar-refractivity contribution in [3.8, 4) is 50.6 Å². The van der Waals surface area contributed by atoms with Crippen molar-refractivity contribution in [2.45, 2.75) is 51.4 Å². The van der Waals surface area contributed by atoms with E-state index in [-0.39, 0.29) is 17.5 Å². The summed E-state index contributed by atoms with van der Waals surface area (Å²) < 4.78 is 1.33. The van der Waals surface area contributed by atoms with Crippen molar-refractivity contribution in [3.63, 3.8) is 0 Å². The van der Waals surface area contributed by atoms with Gasteiger partial charge in [0.05, 0.1) is 16.6 Å². The number of nitrogens with zero attached hydrogens (tertiary/aromatic N) is 3. The number of nitriles is 1. The van der Waals surface area contributed by atoms with E-state index in [9.17, 15) is 5.26 Å². The van der Waals surface area contributed by atoms with Gasteiger partial charge in [0, 0.05) is 33.1 Å². The van der Waals surface area contributed by atoms with Crippen LogP contribution in [0.2, 0.25) is 0 Å². The molecule has 13 rings (SSSR count). The first-order valence-electron chi connectivity index (χ1n) is 24.5. The first-order valence-corrected chi connectivity index (χ1v) is 25.4. The highest BCUT2D eigenvalue weighted by atomic mass is 32.1. The quantitative estimate of drug-likeness (QED) is 0.156. The second-order valence-corrected chi connectivity index (χ2v) is 21.7. The minimum Gasteiger partial charge on any atom is -0.311 e. The summed E-state index contributed by atoms with van der Waals surface area (Å²) in [4.78, 5) is 5.10. The van der Waals surface area contributed by atoms with E-state index >= 15 is 0 Å². The van der Waals surface area contributed by atoms with Crippen LogP contribution in [0.15, 0.2) is 206 Å². The summed E-state index contributed by atoms with van der Waals surface area (Å²) in [6, 6.07) is 78.2. The largest absolute Gasteiger partial charge is 0.311 e. The third-order valence-corrected chi connectivity index (χ3v) is 16.7. The van der Waals surface area contributed by atoms with E-state index in [0.717, 1.165) is 41.0 Å². The normalized spacial score (nSPS) is 14.9. The van der Waals surface area contributed by atoms with Crippen molar-refractivity contribution < 1.29 is 0 Å². The van der Waals surface area contributed by atoms with Gasteiger partial charge >= 0.3 is 0 Å². The van der Waals surface area contributed by atoms with Gasteiger partial charge in [-0.2, -0.15) is 5.26 Å². The van der Waals surface area contributed by atoms with E-state index in [1.54, 1.807) is 0 Å². The monoisotopic (exact) mass is 915 g/mol. The molecule has 0 unspecified atom stereocenters. The minimum atomic E-state index is -0.0696. The van der Waals surface area contributed by atoms with Crippen LogP contribution in [0.25, 0.3) is 54.6 Å². The number of hydrogen-bond acceptors (Lipinski definition) is 4. The number of thiophene rings is 1. The lowest BCUT2D eigenvalue weighted by Crippen LogP contribution is -2.61. The van der Waals surface area contributed by atoms with Gasteiger partial charge in [-0.3, -0.25) is 0 Å². The summed E-state index contributed by atoms with van der Waals surface area (Å²) in [6.07, 6.45) is 2.32. The standard InChI is InChI=1S/C65H50BN3S/c1-64(2)34-35-65(3,4)55-40-60-53(39-54(55)64)61-63(70-60)69(52-31-26-47(27-32-52)44-16-10-6-11-17-44)59-38-50(48-22-20-42(41-67)21-23-48)37-58-62(59)66(61)56-36-49(45-18-12-7-13-19-45)28-33-57(56)68(58)51-29-24-46(25-30-51)43-14-8-5-9-15-43/h5-33,36-40H,34-35H2,1-4H3. The fourth-order valence-electron chi connectivity index (χ4n) is 11.7. The average molecular weight is 916 g/mol. The summed E-state index contributed by atoms with van der Waals surface area (Å²) >= 11 is 1.94. The van der Waals surface area contributed by atoms with E-state index in [2.05, 4.69) is 238 Å². The molecule has 3 aliphatic rings. The van der Waals surface area contributed by atoms with Gasteiger partial charge in [0.25, 0.3) is 6.71 Å². The Morgan fingerprint density at radius 1 is 0.443 bits per heavy atom. The fourth-order valence-corrected chi connectivity index (χ4v) is 13.0. The predicted octanol–water partition coefficient (Wildman–Crippen LogP) is 15.9. The van der Waals surface area contributed by atoms with Crippen molar-refractivity contribution in [1.29, 1.82) is 5.26 Å². The lowest BCUT2D eigenvalue weighted by atomic mass is 9.33. The number of fused-ring (bicyclic) bond motifs is 7. The van der Waals surface area contributed by atoms with Crippen molar-refractivity contribution in [1.82, 2.24) is 0 Å². The molecule has 5 heteroatoms. The molecule has 0 N–H and O–H groups in total. The maximum atomic E-state index is 9.88. The molecule has 0 spiro atoms. The lowest BCUT2D eigenvalue weighted by molar-refractivity contribution is 0.332. The Kier molecular flexibility index (Phi) is 9.71. The van der Waals surface area contributed by atoms with Crippen LogP contribution in [0.3, 0.4) is 0 Å². The summed E-state index contributed by atoms with van der Waals surface area (Å²) in [5.41, 5.74) is 22.8. The Balaban J connectivity index is 1.14. The molecule has 334 valence electrons. The lowest BCUT2D eigenvalue weighted by Gasteiger charge is -2.44. The topological polar surface area (TPSA) is 30.3 Å². The Bertz CT molecular complexity index is 3700. The molecule has 3 heterocycles. The first kappa shape index (κ1) is 42.2. The van der Waals surface area contributed by atoms with E-state index < -0.39 is 0 Å². The molecule has 10 aromatic rings. The number of anilines is 6. The van der Waals surface area contributed by atoms with Crippen molar-refractivity contribution >= 4 is 78.0 Å². The van der Waals surface area contributed by atoms with Crippen LogP contribution < -0.4 is 26.2 Å². The third-order valence-electron chi connectivity index (χ3n) is 15.6. The molecule has 0 radical (unpaired) electrons. The zero-order chi connectivity index (χ0) is 47.3. The number of rotatable bonds is 6. The highest BCUT2D eigenvalue weighted by molar-refractivity contribution is 7.26. The van der Waals surface area contributed by atoms with Gasteiger partial charge in [-0.1, -0.05) is 167 Å². The van der Waals surface area contributed by atoms with Crippen LogP contribution in [0.5, 0.6) is 0 Å². The van der Waals surface area contributed by atoms with E-state index in [1.165, 1.54) is 87.4 Å². The molecule has 0 saturated heterocycles. The van der Waals surface area contributed by atoms with Gasteiger partial charge in [0.2, 0.25) is 0 Å². The van der Waals surface area contributed by atoms with Crippen LogP contribution >= 0.6 is 11.3 Å². The van der Waals surface area contributed by atoms with Crippen LogP contribution in [-0.4, -0.2) is 6.71 Å². The molecule has 0 atom stereocenters. The van der Waals surface area contributed by atoms with Crippen LogP contribution in [0.1, 0.15) is 57.2 Å². The fraction of sp³-hybridized carbons (Fsp3) is 0.123. The molecule has 1 aliphatic carbocycles. The predicted molar refractivity (Wildman–Crippen MR) is 298 cm³/mol. The summed E-state index contributed by atoms with van der Waals surface area (Å²) in [5.74, 6) is 0. The van der Waals surface area contributed by atoms with E-state index in [0.29, 0.717) is 5.56 Å². The highest BCUT2D eigenvalue weighted by Gasteiger charge is 2.47. The van der Waals surface area contributed by atoms with Gasteiger partial charge in [0.15, 0.2) is 0 Å². The number of hydrogen-bond donors (Lipinski definition) is 0. The Morgan fingerprint density at radius 2 is 0.900 bits per heavy atom. The molecule has 2 aliphatic heterocycles. The molecule has 0 saturated carbocycles. The summed E-state index contributed by atoms with van der Waals surface area (Å²) in [6.45, 7) is 9.72. The Hall–Kier alpha value is -7.91. The smallest absolute Gasteiger partial charge is 0.254 e. The molecule has 3 nitrogen and oxygen atoms in total. The molecule has 1 aromatic heterocycles. The minimum absolute atomic E-state index is 0.0439. The number of benzene rings is 9. The second kappa shape index (κ2) is 16.1. The second-order valence-electron chi connectivity index (χ2n) is 20.7. The SMILES string of the molecule is CC1(C)CCC(C)(C)c2cc3c4c(sc3cc21)N(c1ccc(-c2ccccc2)cc1)c1cc(-c2ccc(C#N)cc2)cc2c1B4c1cc(-c3ccccc3)ccc1N2c1ccc(-c2ccccc2)cc1. The first-order chi connectivity index (χ1) is 34.1. The van der Waals surface area contributed by atoms with Gasteiger partial charge in [-0.15, -0.1) is 11.3 Å². The van der Waals surface area contributed by atoms with Crippen LogP contribution in [-0.2, 0) is 10.8 Å². The van der Waals surface area contributed by atoms with Crippen molar-refractivity contribution in [3.05, 3.63) is 223 Å². The molecular weight excluding hydrogens is 866 g/mol. The van der Waals surface area contributed by atoms with Crippen molar-refractivity contribution in [2.75, 3.05) is 9.80 Å². The molecule has 0 bridgehead atoms. The average Bonchev–Trinajstić information content (AvgIpc) is 3.78. The molecular formula is C65H50BN3S. The maximum absolute atomic E-state index is 9.88. The van der Waals surface area contributed by atoms with Crippen LogP contribution in [0, 0.1) is 11.3 Å². The Labute approximate surface area is 415 Å². The highest BCUT2D eigenvalue weighted by Crippen LogP contribution is 2.53. The zero-order valence-electron chi connectivity index (χ0n) is 39.9. The summed E-state index contributed by atoms with van der Waals surface area (Å²) in [7, 11) is 0. The van der Waals surface area contributed by atoms with E-state index in [4.69, 9.17) is 0 Å². The maximum Gasteiger partial charge on any atom is 0.254 e. The zero-order valence-corrected chi connectivity index (χ0v) is 40.7. The molecule has 9 aromatic carbocycles.